The van der Waals surface area contributed by atoms with Gasteiger partial charge in [0.05, 0.1) is 18.1 Å². The molecule has 0 atom stereocenters. The lowest BCUT2D eigenvalue weighted by Gasteiger charge is -2.10. The summed E-state index contributed by atoms with van der Waals surface area (Å²) in [5.74, 6) is 1.74. The van der Waals surface area contributed by atoms with E-state index in [-0.39, 0.29) is 11.8 Å². The molecule has 1 saturated carbocycles. The summed E-state index contributed by atoms with van der Waals surface area (Å²) in [6, 6.07) is 0. The fourth-order valence-electron chi connectivity index (χ4n) is 2.40. The molecule has 2 aromatic heterocycles. The van der Waals surface area contributed by atoms with E-state index in [4.69, 9.17) is 0 Å². The first kappa shape index (κ1) is 17.0. The molecule has 0 unspecified atom stereocenters. The van der Waals surface area contributed by atoms with Crippen LogP contribution in [0.25, 0.3) is 11.0 Å². The quantitative estimate of drug-likeness (QED) is 0.562. The SMILES string of the molecule is CSc1nc(NCC(C)C)c2cnn(CCNC(=O)C3CC3)c2n1. The normalized spacial score (nSPS) is 14.3. The van der Waals surface area contributed by atoms with Crippen LogP contribution in [0, 0.1) is 11.8 Å². The van der Waals surface area contributed by atoms with Crippen molar-refractivity contribution in [3.63, 3.8) is 0 Å². The predicted octanol–water partition coefficient (Wildman–Crippen LogP) is 2.14. The van der Waals surface area contributed by atoms with E-state index in [0.29, 0.717) is 19.0 Å². The molecule has 7 nitrogen and oxygen atoms in total. The monoisotopic (exact) mass is 348 g/mol. The largest absolute Gasteiger partial charge is 0.369 e. The number of fused-ring (bicyclic) bond motifs is 1. The zero-order chi connectivity index (χ0) is 17.1. The van der Waals surface area contributed by atoms with Gasteiger partial charge >= 0.3 is 0 Å². The lowest BCUT2D eigenvalue weighted by Crippen LogP contribution is -2.28. The molecule has 0 spiro atoms. The maximum Gasteiger partial charge on any atom is 0.223 e. The minimum Gasteiger partial charge on any atom is -0.369 e. The Bertz CT molecular complexity index is 725. The highest BCUT2D eigenvalue weighted by atomic mass is 32.2. The van der Waals surface area contributed by atoms with E-state index < -0.39 is 0 Å². The summed E-state index contributed by atoms with van der Waals surface area (Å²) in [6.07, 6.45) is 5.80. The van der Waals surface area contributed by atoms with Gasteiger partial charge in [-0.3, -0.25) is 4.79 Å². The summed E-state index contributed by atoms with van der Waals surface area (Å²) in [6.45, 7) is 6.35. The second-order valence-electron chi connectivity index (χ2n) is 6.50. The van der Waals surface area contributed by atoms with Crippen LogP contribution >= 0.6 is 11.8 Å². The third-order valence-corrected chi connectivity index (χ3v) is 4.45. The van der Waals surface area contributed by atoms with Gasteiger partial charge in [-0.2, -0.15) is 5.10 Å². The number of nitrogens with zero attached hydrogens (tertiary/aromatic N) is 4. The Hall–Kier alpha value is -1.83. The van der Waals surface area contributed by atoms with Gasteiger partial charge in [0, 0.05) is 19.0 Å². The average Bonchev–Trinajstić information content (AvgIpc) is 3.34. The van der Waals surface area contributed by atoms with Crippen LogP contribution in [0.5, 0.6) is 0 Å². The molecule has 0 aromatic carbocycles. The molecule has 2 heterocycles. The van der Waals surface area contributed by atoms with E-state index >= 15 is 0 Å². The Balaban J connectivity index is 1.75. The molecule has 2 aromatic rings. The first-order chi connectivity index (χ1) is 11.6. The fraction of sp³-hybridized carbons (Fsp3) is 0.625. The van der Waals surface area contributed by atoms with Crippen molar-refractivity contribution >= 4 is 34.5 Å². The van der Waals surface area contributed by atoms with Crippen molar-refractivity contribution in [3.05, 3.63) is 6.20 Å². The van der Waals surface area contributed by atoms with Crippen molar-refractivity contribution in [1.82, 2.24) is 25.1 Å². The smallest absolute Gasteiger partial charge is 0.223 e. The number of anilines is 1. The van der Waals surface area contributed by atoms with Crippen molar-refractivity contribution in [2.24, 2.45) is 11.8 Å². The van der Waals surface area contributed by atoms with Crippen molar-refractivity contribution in [3.8, 4) is 0 Å². The highest BCUT2D eigenvalue weighted by molar-refractivity contribution is 7.98. The molecule has 8 heteroatoms. The number of carbonyl (C=O) groups is 1. The van der Waals surface area contributed by atoms with Crippen LogP contribution < -0.4 is 10.6 Å². The Morgan fingerprint density at radius 1 is 1.42 bits per heavy atom. The van der Waals surface area contributed by atoms with Gasteiger partial charge in [0.15, 0.2) is 10.8 Å². The first-order valence-corrected chi connectivity index (χ1v) is 9.60. The zero-order valence-electron chi connectivity index (χ0n) is 14.4. The molecule has 1 aliphatic carbocycles. The van der Waals surface area contributed by atoms with Crippen LogP contribution in [-0.4, -0.2) is 45.0 Å². The van der Waals surface area contributed by atoms with Gasteiger partial charge in [0.25, 0.3) is 0 Å². The van der Waals surface area contributed by atoms with Crippen LogP contribution in [0.15, 0.2) is 11.4 Å². The van der Waals surface area contributed by atoms with Crippen LogP contribution in [0.1, 0.15) is 26.7 Å². The molecule has 3 rings (SSSR count). The Labute approximate surface area is 146 Å². The fourth-order valence-corrected chi connectivity index (χ4v) is 2.76. The molecule has 0 radical (unpaired) electrons. The zero-order valence-corrected chi connectivity index (χ0v) is 15.2. The molecule has 1 amide bonds. The molecule has 1 aliphatic rings. The van der Waals surface area contributed by atoms with E-state index in [2.05, 4.69) is 39.5 Å². The van der Waals surface area contributed by atoms with Crippen molar-refractivity contribution in [2.75, 3.05) is 24.7 Å². The molecule has 0 bridgehead atoms. The molecular weight excluding hydrogens is 324 g/mol. The highest BCUT2D eigenvalue weighted by Gasteiger charge is 2.29. The molecule has 0 saturated heterocycles. The lowest BCUT2D eigenvalue weighted by atomic mass is 10.2. The third kappa shape index (κ3) is 3.98. The van der Waals surface area contributed by atoms with Crippen molar-refractivity contribution in [1.29, 1.82) is 0 Å². The number of carbonyl (C=O) groups excluding carboxylic acids is 1. The second kappa shape index (κ2) is 7.38. The predicted molar refractivity (Wildman–Crippen MR) is 96.2 cm³/mol. The van der Waals surface area contributed by atoms with E-state index in [9.17, 15) is 4.79 Å². The summed E-state index contributed by atoms with van der Waals surface area (Å²) in [5, 5.41) is 12.4. The summed E-state index contributed by atoms with van der Waals surface area (Å²) in [4.78, 5) is 20.9. The van der Waals surface area contributed by atoms with E-state index in [1.165, 1.54) is 11.8 Å². The van der Waals surface area contributed by atoms with Crippen LogP contribution in [-0.2, 0) is 11.3 Å². The number of nitrogens with one attached hydrogen (secondary N) is 2. The minimum atomic E-state index is 0.158. The van der Waals surface area contributed by atoms with Crippen molar-refractivity contribution in [2.45, 2.75) is 38.4 Å². The Morgan fingerprint density at radius 3 is 2.88 bits per heavy atom. The van der Waals surface area contributed by atoms with Crippen molar-refractivity contribution < 1.29 is 4.79 Å². The van der Waals surface area contributed by atoms with Gasteiger partial charge in [-0.05, 0) is 25.0 Å². The van der Waals surface area contributed by atoms with Gasteiger partial charge in [0.2, 0.25) is 5.91 Å². The lowest BCUT2D eigenvalue weighted by molar-refractivity contribution is -0.122. The number of amides is 1. The number of rotatable bonds is 8. The van der Waals surface area contributed by atoms with Crippen LogP contribution in [0.3, 0.4) is 0 Å². The molecular formula is C16H24N6OS. The maximum absolute atomic E-state index is 11.7. The average molecular weight is 348 g/mol. The van der Waals surface area contributed by atoms with Gasteiger partial charge in [-0.1, -0.05) is 25.6 Å². The number of thioether (sulfide) groups is 1. The highest BCUT2D eigenvalue weighted by Crippen LogP contribution is 2.28. The van der Waals surface area contributed by atoms with Gasteiger partial charge in [-0.15, -0.1) is 0 Å². The van der Waals surface area contributed by atoms with Gasteiger partial charge in [-0.25, -0.2) is 14.6 Å². The van der Waals surface area contributed by atoms with Gasteiger partial charge in [0.1, 0.15) is 5.82 Å². The first-order valence-electron chi connectivity index (χ1n) is 8.37. The van der Waals surface area contributed by atoms with E-state index in [1.54, 1.807) is 6.20 Å². The van der Waals surface area contributed by atoms with E-state index in [1.807, 2.05) is 10.9 Å². The molecule has 2 N–H and O–H groups in total. The molecule has 24 heavy (non-hydrogen) atoms. The van der Waals surface area contributed by atoms with Gasteiger partial charge < -0.3 is 10.6 Å². The summed E-state index contributed by atoms with van der Waals surface area (Å²) >= 11 is 1.51. The summed E-state index contributed by atoms with van der Waals surface area (Å²) in [5.41, 5.74) is 0.807. The minimum absolute atomic E-state index is 0.158. The Morgan fingerprint density at radius 2 is 2.21 bits per heavy atom. The summed E-state index contributed by atoms with van der Waals surface area (Å²) in [7, 11) is 0. The number of hydrogen-bond acceptors (Lipinski definition) is 6. The summed E-state index contributed by atoms with van der Waals surface area (Å²) < 4.78 is 1.84. The maximum atomic E-state index is 11.7. The molecule has 130 valence electrons. The molecule has 1 fully saturated rings. The second-order valence-corrected chi connectivity index (χ2v) is 7.28. The van der Waals surface area contributed by atoms with Crippen LogP contribution in [0.4, 0.5) is 5.82 Å². The topological polar surface area (TPSA) is 84.7 Å². The Kier molecular flexibility index (Phi) is 5.23. The number of aromatic nitrogens is 4. The standard InChI is InChI=1S/C16H24N6OS/c1-10(2)8-18-13-12-9-19-22(14(12)21-16(20-13)24-3)7-6-17-15(23)11-4-5-11/h9-11H,4-8H2,1-3H3,(H,17,23)(H,18,20,21). The van der Waals surface area contributed by atoms with E-state index in [0.717, 1.165) is 41.4 Å². The number of hydrogen-bond donors (Lipinski definition) is 2. The third-order valence-electron chi connectivity index (χ3n) is 3.91. The van der Waals surface area contributed by atoms with Crippen LogP contribution in [0.2, 0.25) is 0 Å². The molecule has 0 aliphatic heterocycles.